The molecule has 4 heteroatoms. The van der Waals surface area contributed by atoms with Crippen molar-refractivity contribution in [1.29, 1.82) is 0 Å². The van der Waals surface area contributed by atoms with E-state index in [2.05, 4.69) is 16.8 Å². The number of halogens is 2. The highest BCUT2D eigenvalue weighted by Crippen LogP contribution is 2.23. The van der Waals surface area contributed by atoms with Gasteiger partial charge in [-0.15, -0.1) is 11.3 Å². The van der Waals surface area contributed by atoms with E-state index in [9.17, 15) is 0 Å². The molecule has 0 spiro atoms. The van der Waals surface area contributed by atoms with E-state index in [0.29, 0.717) is 10.0 Å². The third-order valence-electron chi connectivity index (χ3n) is 1.91. The van der Waals surface area contributed by atoms with Crippen LogP contribution in [0.4, 0.5) is 5.69 Å². The van der Waals surface area contributed by atoms with E-state index in [1.165, 1.54) is 4.88 Å². The van der Waals surface area contributed by atoms with Crippen molar-refractivity contribution in [2.75, 3.05) is 5.32 Å². The molecule has 0 fully saturated rings. The Kier molecular flexibility index (Phi) is 3.52. The van der Waals surface area contributed by atoms with Crippen molar-refractivity contribution in [2.24, 2.45) is 0 Å². The summed E-state index contributed by atoms with van der Waals surface area (Å²) in [5.74, 6) is 0. The molecule has 1 aromatic heterocycles. The maximum absolute atomic E-state index is 5.89. The molecule has 1 nitrogen and oxygen atoms in total. The fraction of sp³-hybridized carbons (Fsp3) is 0.0909. The standard InChI is InChI=1S/C11H9Cl2NS/c12-8-4-9(13)6-10(5-8)14-7-11-2-1-3-15-11/h1-6,14H,7H2. The SMILES string of the molecule is Clc1cc(Cl)cc(NCc2cccs2)c1. The zero-order valence-corrected chi connectivity index (χ0v) is 10.2. The summed E-state index contributed by atoms with van der Waals surface area (Å²) in [4.78, 5) is 1.28. The maximum atomic E-state index is 5.89. The number of anilines is 1. The topological polar surface area (TPSA) is 12.0 Å². The molecule has 1 heterocycles. The van der Waals surface area contributed by atoms with Gasteiger partial charge in [-0.05, 0) is 29.6 Å². The highest BCUT2D eigenvalue weighted by Gasteiger charge is 1.98. The molecule has 2 aromatic rings. The van der Waals surface area contributed by atoms with Crippen LogP contribution in [0.5, 0.6) is 0 Å². The highest BCUT2D eigenvalue weighted by atomic mass is 35.5. The first-order valence-electron chi connectivity index (χ1n) is 4.46. The zero-order chi connectivity index (χ0) is 10.7. The van der Waals surface area contributed by atoms with E-state index in [-0.39, 0.29) is 0 Å². The van der Waals surface area contributed by atoms with Gasteiger partial charge in [-0.25, -0.2) is 0 Å². The number of rotatable bonds is 3. The normalized spacial score (nSPS) is 10.3. The Morgan fingerprint density at radius 2 is 1.87 bits per heavy atom. The minimum atomic E-state index is 0.649. The lowest BCUT2D eigenvalue weighted by Gasteiger charge is -2.05. The van der Waals surface area contributed by atoms with Crippen LogP contribution in [-0.2, 0) is 6.54 Å². The van der Waals surface area contributed by atoms with Gasteiger partial charge >= 0.3 is 0 Å². The second kappa shape index (κ2) is 4.88. The lowest BCUT2D eigenvalue weighted by atomic mass is 10.3. The Hall–Kier alpha value is -0.700. The number of benzene rings is 1. The van der Waals surface area contributed by atoms with E-state index >= 15 is 0 Å². The van der Waals surface area contributed by atoms with Gasteiger partial charge in [-0.1, -0.05) is 29.3 Å². The smallest absolute Gasteiger partial charge is 0.0494 e. The molecule has 0 atom stereocenters. The fourth-order valence-electron chi connectivity index (χ4n) is 1.26. The number of hydrogen-bond donors (Lipinski definition) is 1. The van der Waals surface area contributed by atoms with E-state index in [1.54, 1.807) is 17.4 Å². The molecule has 0 aliphatic heterocycles. The van der Waals surface area contributed by atoms with Gasteiger partial charge in [0, 0.05) is 27.2 Å². The van der Waals surface area contributed by atoms with Gasteiger partial charge in [0.05, 0.1) is 0 Å². The highest BCUT2D eigenvalue weighted by molar-refractivity contribution is 7.09. The van der Waals surface area contributed by atoms with Crippen LogP contribution in [0.1, 0.15) is 4.88 Å². The molecule has 0 amide bonds. The first-order valence-corrected chi connectivity index (χ1v) is 6.10. The molecular weight excluding hydrogens is 249 g/mol. The van der Waals surface area contributed by atoms with Gasteiger partial charge < -0.3 is 5.32 Å². The molecule has 2 rings (SSSR count). The average molecular weight is 258 g/mol. The third-order valence-corrected chi connectivity index (χ3v) is 3.22. The van der Waals surface area contributed by atoms with Crippen molar-refractivity contribution in [3.05, 3.63) is 50.6 Å². The van der Waals surface area contributed by atoms with Crippen molar-refractivity contribution in [2.45, 2.75) is 6.54 Å². The summed E-state index contributed by atoms with van der Waals surface area (Å²) in [7, 11) is 0. The second-order valence-electron chi connectivity index (χ2n) is 3.09. The van der Waals surface area contributed by atoms with Crippen LogP contribution >= 0.6 is 34.5 Å². The minimum Gasteiger partial charge on any atom is -0.380 e. The van der Waals surface area contributed by atoms with Gasteiger partial charge in [-0.3, -0.25) is 0 Å². The van der Waals surface area contributed by atoms with E-state index in [0.717, 1.165) is 12.2 Å². The Morgan fingerprint density at radius 3 is 2.47 bits per heavy atom. The summed E-state index contributed by atoms with van der Waals surface area (Å²) in [6.07, 6.45) is 0. The predicted molar refractivity (Wildman–Crippen MR) is 68.1 cm³/mol. The van der Waals surface area contributed by atoms with Crippen LogP contribution in [0.15, 0.2) is 35.7 Å². The van der Waals surface area contributed by atoms with Crippen LogP contribution in [0.25, 0.3) is 0 Å². The van der Waals surface area contributed by atoms with Crippen LogP contribution in [0.2, 0.25) is 10.0 Å². The zero-order valence-electron chi connectivity index (χ0n) is 7.84. The Bertz CT molecular complexity index is 420. The summed E-state index contributed by atoms with van der Waals surface area (Å²) in [5.41, 5.74) is 0.945. The summed E-state index contributed by atoms with van der Waals surface area (Å²) in [6.45, 7) is 0.800. The molecule has 0 saturated carbocycles. The van der Waals surface area contributed by atoms with Crippen LogP contribution in [0.3, 0.4) is 0 Å². The molecule has 1 N–H and O–H groups in total. The largest absolute Gasteiger partial charge is 0.380 e. The van der Waals surface area contributed by atoms with Gasteiger partial charge in [0.25, 0.3) is 0 Å². The molecular formula is C11H9Cl2NS. The van der Waals surface area contributed by atoms with E-state index in [4.69, 9.17) is 23.2 Å². The molecule has 78 valence electrons. The Labute approximate surface area is 103 Å². The molecule has 0 unspecified atom stereocenters. The molecule has 0 radical (unpaired) electrons. The quantitative estimate of drug-likeness (QED) is 0.843. The molecule has 15 heavy (non-hydrogen) atoms. The van der Waals surface area contributed by atoms with Gasteiger partial charge in [0.15, 0.2) is 0 Å². The summed E-state index contributed by atoms with van der Waals surface area (Å²) >= 11 is 13.5. The van der Waals surface area contributed by atoms with Gasteiger partial charge in [-0.2, -0.15) is 0 Å². The van der Waals surface area contributed by atoms with Crippen molar-refractivity contribution in [3.8, 4) is 0 Å². The molecule has 1 aromatic carbocycles. The molecule has 0 aliphatic rings. The van der Waals surface area contributed by atoms with Crippen molar-refractivity contribution in [3.63, 3.8) is 0 Å². The molecule has 0 saturated heterocycles. The van der Waals surface area contributed by atoms with Crippen molar-refractivity contribution in [1.82, 2.24) is 0 Å². The number of thiophene rings is 1. The molecule has 0 aliphatic carbocycles. The lowest BCUT2D eigenvalue weighted by Crippen LogP contribution is -1.96. The summed E-state index contributed by atoms with van der Waals surface area (Å²) in [6, 6.07) is 9.57. The average Bonchev–Trinajstić information content (AvgIpc) is 2.65. The van der Waals surface area contributed by atoms with Crippen LogP contribution < -0.4 is 5.32 Å². The number of hydrogen-bond acceptors (Lipinski definition) is 2. The molecule has 0 bridgehead atoms. The summed E-state index contributed by atoms with van der Waals surface area (Å²) in [5, 5.41) is 6.63. The van der Waals surface area contributed by atoms with Gasteiger partial charge in [0.1, 0.15) is 0 Å². The lowest BCUT2D eigenvalue weighted by molar-refractivity contribution is 1.19. The minimum absolute atomic E-state index is 0.649. The predicted octanol–water partition coefficient (Wildman–Crippen LogP) is 4.67. The first kappa shape index (κ1) is 10.8. The van der Waals surface area contributed by atoms with E-state index < -0.39 is 0 Å². The summed E-state index contributed by atoms with van der Waals surface area (Å²) < 4.78 is 0. The Balaban J connectivity index is 2.05. The first-order chi connectivity index (χ1) is 7.24. The van der Waals surface area contributed by atoms with E-state index in [1.807, 2.05) is 18.2 Å². The van der Waals surface area contributed by atoms with Crippen LogP contribution in [0, 0.1) is 0 Å². The number of nitrogens with one attached hydrogen (secondary N) is 1. The maximum Gasteiger partial charge on any atom is 0.0494 e. The fourth-order valence-corrected chi connectivity index (χ4v) is 2.43. The van der Waals surface area contributed by atoms with Crippen molar-refractivity contribution < 1.29 is 0 Å². The van der Waals surface area contributed by atoms with Crippen molar-refractivity contribution >= 4 is 40.2 Å². The van der Waals surface area contributed by atoms with Gasteiger partial charge in [0.2, 0.25) is 0 Å². The van der Waals surface area contributed by atoms with Crippen LogP contribution in [-0.4, -0.2) is 0 Å². The second-order valence-corrected chi connectivity index (χ2v) is 5.00. The Morgan fingerprint density at radius 1 is 1.13 bits per heavy atom. The third kappa shape index (κ3) is 3.13. The monoisotopic (exact) mass is 257 g/mol.